The molecule has 0 radical (unpaired) electrons. The number of piperidine rings is 1. The van der Waals surface area contributed by atoms with Crippen LogP contribution in [-0.2, 0) is 0 Å². The summed E-state index contributed by atoms with van der Waals surface area (Å²) < 4.78 is 11.3. The number of carbonyl (C=O) groups is 1. The summed E-state index contributed by atoms with van der Waals surface area (Å²) in [6, 6.07) is 10.6. The number of hydrogen-bond acceptors (Lipinski definition) is 4. The third kappa shape index (κ3) is 4.50. The smallest absolute Gasteiger partial charge is 0.289 e. The molecule has 0 saturated carbocycles. The lowest BCUT2D eigenvalue weighted by atomic mass is 9.98. The highest BCUT2D eigenvalue weighted by Crippen LogP contribution is 2.21. The number of likely N-dealkylation sites (tertiary alicyclic amines) is 1. The minimum absolute atomic E-state index is 0.116. The third-order valence-electron chi connectivity index (χ3n) is 4.38. The average Bonchev–Trinajstić information content (AvgIpc) is 2.59. The molecule has 2 heterocycles. The first kappa shape index (κ1) is 17.3. The Kier molecular flexibility index (Phi) is 5.22. The zero-order chi connectivity index (χ0) is 17.8. The van der Waals surface area contributed by atoms with Gasteiger partial charge in [-0.05, 0) is 44.4 Å². The van der Waals surface area contributed by atoms with E-state index in [1.165, 1.54) is 12.1 Å². The molecular formula is C20H23NO4. The molecule has 1 aliphatic heterocycles. The maximum Gasteiger partial charge on any atom is 0.289 e. The highest BCUT2D eigenvalue weighted by Gasteiger charge is 2.26. The molecule has 2 aromatic rings. The van der Waals surface area contributed by atoms with Gasteiger partial charge in [0, 0.05) is 31.1 Å². The third-order valence-corrected chi connectivity index (χ3v) is 4.38. The van der Waals surface area contributed by atoms with Gasteiger partial charge in [0.15, 0.2) is 11.2 Å². The van der Waals surface area contributed by atoms with E-state index in [-0.39, 0.29) is 23.0 Å². The fourth-order valence-electron chi connectivity index (χ4n) is 3.17. The molecule has 0 spiro atoms. The molecule has 0 bridgehead atoms. The van der Waals surface area contributed by atoms with E-state index in [4.69, 9.17) is 9.15 Å². The Balaban J connectivity index is 1.62. The zero-order valence-corrected chi connectivity index (χ0v) is 14.7. The lowest BCUT2D eigenvalue weighted by Crippen LogP contribution is -2.41. The SMILES string of the molecule is Cc1cccc(OCC2CCCN(C(=O)c3cc(=O)cc(C)o3)C2)c1. The second-order valence-corrected chi connectivity index (χ2v) is 6.65. The lowest BCUT2D eigenvalue weighted by Gasteiger charge is -2.32. The van der Waals surface area contributed by atoms with Crippen molar-refractivity contribution in [1.82, 2.24) is 4.90 Å². The van der Waals surface area contributed by atoms with Crippen LogP contribution in [0.2, 0.25) is 0 Å². The lowest BCUT2D eigenvalue weighted by molar-refractivity contribution is 0.0598. The Morgan fingerprint density at radius 3 is 2.88 bits per heavy atom. The van der Waals surface area contributed by atoms with Gasteiger partial charge in [0.2, 0.25) is 0 Å². The molecule has 5 nitrogen and oxygen atoms in total. The van der Waals surface area contributed by atoms with E-state index < -0.39 is 0 Å². The predicted molar refractivity (Wildman–Crippen MR) is 95.0 cm³/mol. The van der Waals surface area contributed by atoms with Gasteiger partial charge in [0.1, 0.15) is 11.5 Å². The molecule has 1 aliphatic rings. The van der Waals surface area contributed by atoms with Crippen LogP contribution >= 0.6 is 0 Å². The van der Waals surface area contributed by atoms with Gasteiger partial charge in [-0.3, -0.25) is 9.59 Å². The van der Waals surface area contributed by atoms with E-state index in [1.807, 2.05) is 31.2 Å². The predicted octanol–water partition coefficient (Wildman–Crippen LogP) is 3.19. The molecule has 0 aliphatic carbocycles. The summed E-state index contributed by atoms with van der Waals surface area (Å²) in [7, 11) is 0. The van der Waals surface area contributed by atoms with Gasteiger partial charge in [-0.1, -0.05) is 12.1 Å². The van der Waals surface area contributed by atoms with Crippen LogP contribution in [0.4, 0.5) is 0 Å². The fraction of sp³-hybridized carbons (Fsp3) is 0.400. The molecular weight excluding hydrogens is 318 g/mol. The maximum atomic E-state index is 12.6. The van der Waals surface area contributed by atoms with Crippen LogP contribution in [0.5, 0.6) is 5.75 Å². The maximum absolute atomic E-state index is 12.6. The van der Waals surface area contributed by atoms with Gasteiger partial charge in [-0.25, -0.2) is 0 Å². The number of nitrogens with zero attached hydrogens (tertiary/aromatic N) is 1. The molecule has 1 unspecified atom stereocenters. The summed E-state index contributed by atoms with van der Waals surface area (Å²) in [5, 5.41) is 0. The van der Waals surface area contributed by atoms with Crippen LogP contribution in [0, 0.1) is 19.8 Å². The van der Waals surface area contributed by atoms with Crippen molar-refractivity contribution >= 4 is 5.91 Å². The zero-order valence-electron chi connectivity index (χ0n) is 14.7. The first-order valence-electron chi connectivity index (χ1n) is 8.62. The summed E-state index contributed by atoms with van der Waals surface area (Å²) >= 11 is 0. The van der Waals surface area contributed by atoms with Gasteiger partial charge in [0.25, 0.3) is 5.91 Å². The molecule has 0 N–H and O–H groups in total. The van der Waals surface area contributed by atoms with Gasteiger partial charge >= 0.3 is 0 Å². The van der Waals surface area contributed by atoms with Crippen LogP contribution in [0.15, 0.2) is 45.6 Å². The largest absolute Gasteiger partial charge is 0.493 e. The average molecular weight is 341 g/mol. The highest BCUT2D eigenvalue weighted by molar-refractivity contribution is 5.91. The van der Waals surface area contributed by atoms with Crippen molar-refractivity contribution in [2.75, 3.05) is 19.7 Å². The second-order valence-electron chi connectivity index (χ2n) is 6.65. The van der Waals surface area contributed by atoms with Crippen LogP contribution in [0.25, 0.3) is 0 Å². The van der Waals surface area contributed by atoms with E-state index in [0.29, 0.717) is 25.5 Å². The molecule has 3 rings (SSSR count). The van der Waals surface area contributed by atoms with Gasteiger partial charge in [-0.2, -0.15) is 0 Å². The molecule has 1 amide bonds. The molecule has 5 heteroatoms. The number of ether oxygens (including phenoxy) is 1. The van der Waals surface area contributed by atoms with Crippen LogP contribution in [0.3, 0.4) is 0 Å². The molecule has 1 atom stereocenters. The molecule has 1 aromatic carbocycles. The quantitative estimate of drug-likeness (QED) is 0.857. The van der Waals surface area contributed by atoms with Crippen molar-refractivity contribution in [3.63, 3.8) is 0 Å². The van der Waals surface area contributed by atoms with Crippen LogP contribution in [-0.4, -0.2) is 30.5 Å². The number of hydrogen-bond donors (Lipinski definition) is 0. The number of amides is 1. The van der Waals surface area contributed by atoms with Crippen molar-refractivity contribution in [1.29, 1.82) is 0 Å². The van der Waals surface area contributed by atoms with E-state index in [2.05, 4.69) is 0 Å². The first-order valence-corrected chi connectivity index (χ1v) is 8.62. The minimum Gasteiger partial charge on any atom is -0.493 e. The normalized spacial score (nSPS) is 17.4. The standard InChI is InChI=1S/C20H23NO4/c1-14-5-3-7-18(9-14)24-13-16-6-4-8-21(12-16)20(23)19-11-17(22)10-15(2)25-19/h3,5,7,9-11,16H,4,6,8,12-13H2,1-2H3. The van der Waals surface area contributed by atoms with E-state index in [1.54, 1.807) is 11.8 Å². The molecule has 1 saturated heterocycles. The van der Waals surface area contributed by atoms with Crippen molar-refractivity contribution < 1.29 is 13.9 Å². The minimum atomic E-state index is -0.221. The van der Waals surface area contributed by atoms with Gasteiger partial charge in [0.05, 0.1) is 6.61 Å². The fourth-order valence-corrected chi connectivity index (χ4v) is 3.17. The Morgan fingerprint density at radius 2 is 2.12 bits per heavy atom. The van der Waals surface area contributed by atoms with Crippen molar-refractivity contribution in [3.8, 4) is 5.75 Å². The summed E-state index contributed by atoms with van der Waals surface area (Å²) in [6.07, 6.45) is 1.94. The second kappa shape index (κ2) is 7.55. The Labute approximate surface area is 147 Å². The Bertz CT molecular complexity index is 811. The van der Waals surface area contributed by atoms with Crippen LogP contribution in [0.1, 0.15) is 34.7 Å². The number of rotatable bonds is 4. The van der Waals surface area contributed by atoms with E-state index in [9.17, 15) is 9.59 Å². The van der Waals surface area contributed by atoms with E-state index in [0.717, 1.165) is 24.2 Å². The Morgan fingerprint density at radius 1 is 1.28 bits per heavy atom. The number of carbonyl (C=O) groups excluding carboxylic acids is 1. The topological polar surface area (TPSA) is 59.8 Å². The molecule has 25 heavy (non-hydrogen) atoms. The molecule has 132 valence electrons. The molecule has 1 aromatic heterocycles. The monoisotopic (exact) mass is 341 g/mol. The number of aryl methyl sites for hydroxylation is 2. The molecule has 1 fully saturated rings. The summed E-state index contributed by atoms with van der Waals surface area (Å²) in [4.78, 5) is 26.0. The highest BCUT2D eigenvalue weighted by atomic mass is 16.5. The number of benzene rings is 1. The van der Waals surface area contributed by atoms with Crippen LogP contribution < -0.4 is 10.2 Å². The first-order chi connectivity index (χ1) is 12.0. The van der Waals surface area contributed by atoms with Crippen molar-refractivity contribution in [2.24, 2.45) is 5.92 Å². The summed E-state index contributed by atoms with van der Waals surface area (Å²) in [6.45, 7) is 5.57. The van der Waals surface area contributed by atoms with E-state index >= 15 is 0 Å². The van der Waals surface area contributed by atoms with Crippen molar-refractivity contribution in [3.05, 3.63) is 63.7 Å². The summed E-state index contributed by atoms with van der Waals surface area (Å²) in [5.74, 6) is 1.47. The summed E-state index contributed by atoms with van der Waals surface area (Å²) in [5.41, 5.74) is 0.955. The van der Waals surface area contributed by atoms with Gasteiger partial charge in [-0.15, -0.1) is 0 Å². The Hall–Kier alpha value is -2.56. The van der Waals surface area contributed by atoms with Crippen molar-refractivity contribution in [2.45, 2.75) is 26.7 Å². The van der Waals surface area contributed by atoms with Gasteiger partial charge < -0.3 is 14.1 Å².